The molecule has 12 rings (SSSR count). The number of nitrogens with zero attached hydrogens (tertiary/aromatic N) is 1. The van der Waals surface area contributed by atoms with E-state index >= 15 is 0 Å². The number of hydrogen-bond acceptors (Lipinski definition) is 2. The van der Waals surface area contributed by atoms with E-state index in [0.717, 1.165) is 13.0 Å². The number of aromatic nitrogens is 1. The maximum absolute atomic E-state index is 4.03. The lowest BCUT2D eigenvalue weighted by atomic mass is 9.58. The van der Waals surface area contributed by atoms with Gasteiger partial charge in [-0.05, 0) is 134 Å². The van der Waals surface area contributed by atoms with Gasteiger partial charge in [-0.2, -0.15) is 0 Å². The van der Waals surface area contributed by atoms with Crippen molar-refractivity contribution in [3.63, 3.8) is 0 Å². The molecule has 0 saturated carbocycles. The Morgan fingerprint density at radius 3 is 2.07 bits per heavy atom. The van der Waals surface area contributed by atoms with Gasteiger partial charge in [0.25, 0.3) is 0 Å². The van der Waals surface area contributed by atoms with Crippen LogP contribution in [0, 0.1) is 0 Å². The summed E-state index contributed by atoms with van der Waals surface area (Å²) in [5, 5.41) is 9.41. The van der Waals surface area contributed by atoms with Crippen molar-refractivity contribution >= 4 is 82.9 Å². The SMILES string of the molecule is CC(C)(C)c1ccc(Nc2cc3c(cc2-c2ccc4c5cc6c(cc5n5c4c2Bc2cc4sc7ccccc7c4cc2-5)-c2ccccc2C6(C)C)C(C)(C)CCC3(C)C)cc1. The molecule has 2 aliphatic carbocycles. The van der Waals surface area contributed by atoms with Crippen LogP contribution >= 0.6 is 11.3 Å². The predicted octanol–water partition coefficient (Wildman–Crippen LogP) is 14.2. The van der Waals surface area contributed by atoms with Gasteiger partial charge in [-0.1, -0.05) is 135 Å². The van der Waals surface area contributed by atoms with Crippen LogP contribution in [0.15, 0.2) is 121 Å². The number of anilines is 2. The molecule has 0 spiro atoms. The molecule has 0 radical (unpaired) electrons. The summed E-state index contributed by atoms with van der Waals surface area (Å²) in [6.07, 6.45) is 2.36. The molecular formula is C57H53BN2S. The molecule has 2 aromatic heterocycles. The first-order chi connectivity index (χ1) is 29.1. The molecule has 0 saturated heterocycles. The Hall–Kier alpha value is -5.58. The summed E-state index contributed by atoms with van der Waals surface area (Å²) in [5.41, 5.74) is 21.8. The summed E-state index contributed by atoms with van der Waals surface area (Å²) in [6, 6.07) is 47.3. The summed E-state index contributed by atoms with van der Waals surface area (Å²) in [7, 11) is 0.877. The number of fused-ring (bicyclic) bond motifs is 12. The lowest BCUT2D eigenvalue weighted by molar-refractivity contribution is 0.332. The Balaban J connectivity index is 1.16. The van der Waals surface area contributed by atoms with E-state index in [-0.39, 0.29) is 21.7 Å². The lowest BCUT2D eigenvalue weighted by Gasteiger charge is -2.42. The summed E-state index contributed by atoms with van der Waals surface area (Å²) in [5.74, 6) is 0. The minimum absolute atomic E-state index is 0.0752. The van der Waals surface area contributed by atoms with E-state index in [2.05, 4.69) is 194 Å². The van der Waals surface area contributed by atoms with Crippen molar-refractivity contribution in [3.8, 4) is 27.9 Å². The molecule has 0 fully saturated rings. The molecule has 300 valence electrons. The lowest BCUT2D eigenvalue weighted by Crippen LogP contribution is -2.37. The Bertz CT molecular complexity index is 3360. The minimum Gasteiger partial charge on any atom is -0.355 e. The normalized spacial score (nSPS) is 16.7. The van der Waals surface area contributed by atoms with E-state index < -0.39 is 0 Å². The number of thiophene rings is 1. The number of benzene rings is 7. The molecule has 0 unspecified atom stereocenters. The topological polar surface area (TPSA) is 17.0 Å². The van der Waals surface area contributed by atoms with Crippen LogP contribution in [0.2, 0.25) is 0 Å². The van der Waals surface area contributed by atoms with E-state index in [0.29, 0.717) is 0 Å². The Kier molecular flexibility index (Phi) is 7.50. The highest BCUT2D eigenvalue weighted by molar-refractivity contribution is 7.26. The Morgan fingerprint density at radius 1 is 0.574 bits per heavy atom. The molecule has 1 N–H and O–H groups in total. The van der Waals surface area contributed by atoms with Crippen LogP contribution in [-0.2, 0) is 21.7 Å². The Labute approximate surface area is 364 Å². The van der Waals surface area contributed by atoms with Crippen molar-refractivity contribution in [1.82, 2.24) is 4.57 Å². The smallest absolute Gasteiger partial charge is 0.198 e. The molecule has 61 heavy (non-hydrogen) atoms. The maximum atomic E-state index is 4.03. The van der Waals surface area contributed by atoms with Gasteiger partial charge in [-0.15, -0.1) is 11.3 Å². The molecule has 1 aliphatic heterocycles. The third kappa shape index (κ3) is 5.27. The van der Waals surface area contributed by atoms with Crippen molar-refractivity contribution in [1.29, 1.82) is 0 Å². The molecule has 3 aliphatic rings. The largest absolute Gasteiger partial charge is 0.355 e. The van der Waals surface area contributed by atoms with Crippen molar-refractivity contribution in [2.24, 2.45) is 0 Å². The van der Waals surface area contributed by atoms with Gasteiger partial charge < -0.3 is 9.88 Å². The van der Waals surface area contributed by atoms with E-state index in [1.807, 2.05) is 11.3 Å². The molecule has 9 aromatic rings. The molecule has 4 heteroatoms. The van der Waals surface area contributed by atoms with Crippen LogP contribution in [0.3, 0.4) is 0 Å². The monoisotopic (exact) mass is 808 g/mol. The number of nitrogens with one attached hydrogen (secondary N) is 1. The average Bonchev–Trinajstić information content (AvgIpc) is 3.84. The van der Waals surface area contributed by atoms with Crippen LogP contribution in [0.5, 0.6) is 0 Å². The van der Waals surface area contributed by atoms with Gasteiger partial charge in [0.15, 0.2) is 7.28 Å². The second-order valence-electron chi connectivity index (χ2n) is 21.3. The van der Waals surface area contributed by atoms with Gasteiger partial charge in [0.05, 0.1) is 5.52 Å². The first kappa shape index (κ1) is 37.2. The maximum Gasteiger partial charge on any atom is 0.198 e. The number of hydrogen-bond donors (Lipinski definition) is 1. The zero-order valence-electron chi connectivity index (χ0n) is 37.0. The van der Waals surface area contributed by atoms with E-state index in [4.69, 9.17) is 0 Å². The minimum atomic E-state index is -0.0769. The second kappa shape index (κ2) is 12.3. The fourth-order valence-electron chi connectivity index (χ4n) is 11.5. The van der Waals surface area contributed by atoms with Gasteiger partial charge in [-0.25, -0.2) is 0 Å². The standard InChI is InChI=1S/C57H53BN2S/c1-54(2,3)32-18-20-33(21-19-32)59-47-30-45-44(55(4,5)24-25-56(45,6)7)26-39(47)36-22-23-37-40-27-43-38(34-14-10-12-16-42(34)57(43,8)9)28-48(40)60-49-29-41-35-15-11-13-17-50(35)61-51(41)31-46(49)58-52(36)53(37)60/h10-23,26-31,58-59H,24-25H2,1-9H3. The van der Waals surface area contributed by atoms with Gasteiger partial charge in [-0.3, -0.25) is 0 Å². The van der Waals surface area contributed by atoms with Crippen LogP contribution in [-0.4, -0.2) is 11.8 Å². The summed E-state index contributed by atoms with van der Waals surface area (Å²) in [4.78, 5) is 0. The summed E-state index contributed by atoms with van der Waals surface area (Å²) >= 11 is 1.92. The van der Waals surface area contributed by atoms with E-state index in [9.17, 15) is 0 Å². The molecule has 3 heterocycles. The van der Waals surface area contributed by atoms with Gasteiger partial charge in [0.2, 0.25) is 0 Å². The molecule has 2 nitrogen and oxygen atoms in total. The highest BCUT2D eigenvalue weighted by Crippen LogP contribution is 2.53. The van der Waals surface area contributed by atoms with Gasteiger partial charge in [0.1, 0.15) is 0 Å². The summed E-state index contributed by atoms with van der Waals surface area (Å²) < 4.78 is 5.37. The third-order valence-electron chi connectivity index (χ3n) is 15.2. The highest BCUT2D eigenvalue weighted by Gasteiger charge is 2.40. The first-order valence-electron chi connectivity index (χ1n) is 22.3. The van der Waals surface area contributed by atoms with Crippen LogP contribution in [0.1, 0.15) is 103 Å². The number of rotatable bonds is 3. The molecule has 0 atom stereocenters. The first-order valence-corrected chi connectivity index (χ1v) is 23.2. The van der Waals surface area contributed by atoms with Gasteiger partial charge in [0, 0.05) is 64.5 Å². The highest BCUT2D eigenvalue weighted by atomic mass is 32.1. The zero-order valence-corrected chi connectivity index (χ0v) is 37.8. The molecule has 0 bridgehead atoms. The van der Waals surface area contributed by atoms with Crippen molar-refractivity contribution in [2.75, 3.05) is 5.32 Å². The van der Waals surface area contributed by atoms with Gasteiger partial charge >= 0.3 is 0 Å². The quantitative estimate of drug-likeness (QED) is 0.176. The Morgan fingerprint density at radius 2 is 1.30 bits per heavy atom. The van der Waals surface area contributed by atoms with Crippen LogP contribution in [0.25, 0.3) is 69.9 Å². The fraction of sp³-hybridized carbons (Fsp3) is 0.263. The zero-order chi connectivity index (χ0) is 42.0. The van der Waals surface area contributed by atoms with Crippen LogP contribution in [0.4, 0.5) is 11.4 Å². The van der Waals surface area contributed by atoms with E-state index in [1.165, 1.54) is 127 Å². The third-order valence-corrected chi connectivity index (χ3v) is 16.4. The molecular weight excluding hydrogens is 756 g/mol. The second-order valence-corrected chi connectivity index (χ2v) is 22.4. The predicted molar refractivity (Wildman–Crippen MR) is 267 cm³/mol. The fourth-order valence-corrected chi connectivity index (χ4v) is 12.7. The molecule has 7 aromatic carbocycles. The van der Waals surface area contributed by atoms with E-state index in [1.54, 1.807) is 0 Å². The van der Waals surface area contributed by atoms with Crippen molar-refractivity contribution in [3.05, 3.63) is 149 Å². The molecule has 0 amide bonds. The average molecular weight is 809 g/mol. The van der Waals surface area contributed by atoms with Crippen LogP contribution < -0.4 is 16.2 Å². The van der Waals surface area contributed by atoms with Crippen molar-refractivity contribution in [2.45, 2.75) is 96.8 Å². The summed E-state index contributed by atoms with van der Waals surface area (Å²) in [6.45, 7) is 21.5. The van der Waals surface area contributed by atoms with Crippen molar-refractivity contribution < 1.29 is 0 Å².